The molecule has 0 fully saturated rings. The molecule has 0 amide bonds. The van der Waals surface area contributed by atoms with Gasteiger partial charge in [0.1, 0.15) is 0 Å². The van der Waals surface area contributed by atoms with E-state index in [0.717, 1.165) is 0 Å². The van der Waals surface area contributed by atoms with E-state index in [1.165, 1.54) is 0 Å². The van der Waals surface area contributed by atoms with Crippen LogP contribution in [0, 0.1) is 83.5 Å². The molecule has 0 atom stereocenters. The van der Waals surface area contributed by atoms with E-state index in [9.17, 15) is 0 Å². The van der Waals surface area contributed by atoms with E-state index in [1.54, 1.807) is 6.92 Å². The number of aliphatic hydroxyl groups is 1. The van der Waals surface area contributed by atoms with Gasteiger partial charge < -0.3 is 50.1 Å². The zero-order valence-electron chi connectivity index (χ0n) is 8.33. The van der Waals surface area contributed by atoms with Crippen LogP contribution in [-0.4, -0.2) is 30.2 Å². The van der Waals surface area contributed by atoms with Gasteiger partial charge in [0.05, 0.1) is 0 Å². The van der Waals surface area contributed by atoms with Gasteiger partial charge in [-0.2, -0.15) is 0 Å². The second-order valence-electron chi connectivity index (χ2n) is 1.07. The predicted octanol–water partition coefficient (Wildman–Crippen LogP) is -7.34. The van der Waals surface area contributed by atoms with E-state index < -0.39 is 18.5 Å². The number of aliphatic hydroxyl groups excluding tert-OH is 1. The fraction of sp³-hybridized carbons (Fsp3) is 0.400. The summed E-state index contributed by atoms with van der Waals surface area (Å²) in [5.41, 5.74) is 0. The summed E-state index contributed by atoms with van der Waals surface area (Å²) < 4.78 is 0. The molecule has 2 radical (unpaired) electrons. The maximum absolute atomic E-state index is 8.33. The molecule has 0 unspecified atom stereocenters. The van der Waals surface area contributed by atoms with Crippen molar-refractivity contribution in [1.82, 2.24) is 0 Å². The zero-order chi connectivity index (χ0) is 13.4. The summed E-state index contributed by atoms with van der Waals surface area (Å²) in [4.78, 5) is 25.0. The average molecular weight is 506 g/mol. The third-order valence-electron chi connectivity index (χ3n) is 0. The van der Waals surface area contributed by atoms with Gasteiger partial charge in [0.25, 0.3) is 0 Å². The van der Waals surface area contributed by atoms with Gasteiger partial charge in [-0.1, -0.05) is 0 Å². The second-order valence-corrected chi connectivity index (χ2v) is 1.07. The van der Waals surface area contributed by atoms with E-state index in [0.29, 0.717) is 0 Å². The van der Waals surface area contributed by atoms with E-state index in [4.69, 9.17) is 50.1 Å². The maximum Gasteiger partial charge on any atom is 3.00 e. The summed E-state index contributed by atoms with van der Waals surface area (Å²) >= 11 is 0. The van der Waals surface area contributed by atoms with Crippen molar-refractivity contribution >= 4 is 18.5 Å². The Kier molecular flexibility index (Phi) is 76.2. The Balaban J connectivity index is -0.0000000230. The molecule has 0 saturated heterocycles. The van der Waals surface area contributed by atoms with E-state index in [1.807, 2.05) is 0 Å². The molecule has 0 saturated carbocycles. The zero-order valence-corrected chi connectivity index (χ0v) is 14.6. The summed E-state index contributed by atoms with van der Waals surface area (Å²) in [6.45, 7) is 1.93. The van der Waals surface area contributed by atoms with Crippen LogP contribution in [0.4, 0.5) is 14.4 Å². The first kappa shape index (κ1) is 36.0. The fourth-order valence-corrected chi connectivity index (χ4v) is 0. The minimum atomic E-state index is -2.33. The van der Waals surface area contributed by atoms with Crippen LogP contribution in [0.2, 0.25) is 0 Å². The first-order chi connectivity index (χ1) is 6.61. The summed E-state index contributed by atoms with van der Waals surface area (Å²) in [6, 6.07) is 0. The van der Waals surface area contributed by atoms with Gasteiger partial charge in [0.15, 0.2) is 0 Å². The molecule has 10 nitrogen and oxygen atoms in total. The van der Waals surface area contributed by atoms with Crippen molar-refractivity contribution in [2.45, 2.75) is 6.92 Å². The number of carboxylic acid groups (broad SMARTS) is 6. The summed E-state index contributed by atoms with van der Waals surface area (Å²) in [6.07, 6.45) is -7.00. The molecular weight excluding hydrogens is 500 g/mol. The monoisotopic (exact) mass is 506 g/mol. The van der Waals surface area contributed by atoms with Crippen molar-refractivity contribution in [2.75, 3.05) is 6.61 Å². The molecular formula is C5H6Ce2O10. The summed E-state index contributed by atoms with van der Waals surface area (Å²) in [5.74, 6) is 0. The third-order valence-corrected chi connectivity index (χ3v) is 0. The standard InChI is InChI=1S/C2H6O.3CH2O3.2Ce/c1-2-3;3*2-1(3)4;;/h3H,2H2,1H3;3*(H2,2,3,4);;/q;;;;2*+3/p-6. The van der Waals surface area contributed by atoms with Crippen molar-refractivity contribution in [3.05, 3.63) is 0 Å². The van der Waals surface area contributed by atoms with Crippen molar-refractivity contribution < 1.29 is 134 Å². The van der Waals surface area contributed by atoms with Crippen LogP contribution in [-0.2, 0) is 0 Å². The van der Waals surface area contributed by atoms with E-state index in [-0.39, 0.29) is 90.1 Å². The van der Waals surface area contributed by atoms with Gasteiger partial charge >= 0.3 is 83.5 Å². The predicted molar refractivity (Wildman–Crippen MR) is 28.9 cm³/mol. The Labute approximate surface area is 163 Å². The van der Waals surface area contributed by atoms with Gasteiger partial charge in [-0.3, -0.25) is 0 Å². The van der Waals surface area contributed by atoms with Crippen LogP contribution >= 0.6 is 0 Å². The van der Waals surface area contributed by atoms with Crippen molar-refractivity contribution in [2.24, 2.45) is 0 Å². The molecule has 0 aliphatic heterocycles. The van der Waals surface area contributed by atoms with Gasteiger partial charge in [-0.05, 0) is 25.4 Å². The molecule has 0 aromatic carbocycles. The van der Waals surface area contributed by atoms with Crippen molar-refractivity contribution in [3.8, 4) is 0 Å². The van der Waals surface area contributed by atoms with Crippen LogP contribution in [0.1, 0.15) is 6.92 Å². The second kappa shape index (κ2) is 36.0. The van der Waals surface area contributed by atoms with Crippen LogP contribution in [0.25, 0.3) is 0 Å². The molecule has 1 N–H and O–H groups in total. The molecule has 0 spiro atoms. The smallest absolute Gasteiger partial charge is 0.652 e. The van der Waals surface area contributed by atoms with Crippen molar-refractivity contribution in [1.29, 1.82) is 0 Å². The maximum atomic E-state index is 8.33. The number of carbonyl (C=O) groups excluding carboxylic acids is 3. The Morgan fingerprint density at radius 2 is 0.765 bits per heavy atom. The summed E-state index contributed by atoms with van der Waals surface area (Å²) in [5, 5.41) is 57.6. The van der Waals surface area contributed by atoms with Gasteiger partial charge in [-0.15, -0.1) is 0 Å². The molecule has 0 rings (SSSR count). The molecule has 17 heavy (non-hydrogen) atoms. The number of hydrogen-bond acceptors (Lipinski definition) is 10. The van der Waals surface area contributed by atoms with E-state index in [2.05, 4.69) is 0 Å². The largest absolute Gasteiger partial charge is 3.00 e. The first-order valence-electron chi connectivity index (χ1n) is 2.86. The Morgan fingerprint density at radius 1 is 0.765 bits per heavy atom. The topological polar surface area (TPSA) is 210 Å². The molecule has 94 valence electrons. The SMILES string of the molecule is CCO.O=C([O-])[O-].O=C([O-])[O-].O=C([O-])[O-].[Ce+3].[Ce+3]. The number of hydrogen-bond donors (Lipinski definition) is 1. The first-order valence-corrected chi connectivity index (χ1v) is 2.86. The van der Waals surface area contributed by atoms with Crippen LogP contribution in [0.15, 0.2) is 0 Å². The van der Waals surface area contributed by atoms with E-state index >= 15 is 0 Å². The fourth-order valence-electron chi connectivity index (χ4n) is 0. The molecule has 12 heteroatoms. The Hall–Kier alpha value is 0.523. The number of rotatable bonds is 0. The quantitative estimate of drug-likeness (QED) is 0.328. The Morgan fingerprint density at radius 3 is 0.765 bits per heavy atom. The molecule has 0 aromatic rings. The normalized spacial score (nSPS) is 5.29. The molecule has 0 aromatic heterocycles. The Bertz CT molecular complexity index is 132. The minimum Gasteiger partial charge on any atom is -0.652 e. The molecule has 0 heterocycles. The van der Waals surface area contributed by atoms with Gasteiger partial charge in [0.2, 0.25) is 0 Å². The van der Waals surface area contributed by atoms with Crippen LogP contribution in [0.3, 0.4) is 0 Å². The number of carbonyl (C=O) groups is 3. The van der Waals surface area contributed by atoms with Gasteiger partial charge in [-0.25, -0.2) is 0 Å². The van der Waals surface area contributed by atoms with Crippen molar-refractivity contribution in [3.63, 3.8) is 0 Å². The van der Waals surface area contributed by atoms with Crippen LogP contribution in [0.5, 0.6) is 0 Å². The van der Waals surface area contributed by atoms with Gasteiger partial charge in [0, 0.05) is 6.61 Å². The molecule has 0 aliphatic carbocycles. The van der Waals surface area contributed by atoms with Crippen LogP contribution < -0.4 is 30.6 Å². The third kappa shape index (κ3) is 12700. The minimum absolute atomic E-state index is 0. The molecule has 0 bridgehead atoms. The molecule has 0 aliphatic rings. The average Bonchev–Trinajstić information content (AvgIpc) is 1.81. The summed E-state index contributed by atoms with van der Waals surface area (Å²) in [7, 11) is 0.